The minimum absolute atomic E-state index is 0.0615. The molecule has 1 aromatic heterocycles. The molecule has 4 rings (SSSR count). The van der Waals surface area contributed by atoms with E-state index < -0.39 is 12.1 Å². The predicted molar refractivity (Wildman–Crippen MR) is 94.6 cm³/mol. The van der Waals surface area contributed by atoms with Gasteiger partial charge in [-0.2, -0.15) is 0 Å². The van der Waals surface area contributed by atoms with Gasteiger partial charge in [0.25, 0.3) is 0 Å². The average molecular weight is 355 g/mol. The summed E-state index contributed by atoms with van der Waals surface area (Å²) >= 11 is 0. The smallest absolute Gasteiger partial charge is 0.419 e. The molecule has 2 N–H and O–H groups in total. The first-order valence-electron chi connectivity index (χ1n) is 9.00. The quantitative estimate of drug-likeness (QED) is 0.860. The molecule has 2 aromatic rings. The second-order valence-corrected chi connectivity index (χ2v) is 6.80. The summed E-state index contributed by atoms with van der Waals surface area (Å²) in [5.74, 6) is -0.912. The molecule has 0 atom stereocenters. The molecule has 0 spiro atoms. The van der Waals surface area contributed by atoms with Crippen molar-refractivity contribution >= 4 is 17.7 Å². The summed E-state index contributed by atoms with van der Waals surface area (Å²) in [6.07, 6.45) is 8.75. The monoisotopic (exact) mass is 355 g/mol. The van der Waals surface area contributed by atoms with Crippen molar-refractivity contribution in [1.29, 1.82) is 0 Å². The van der Waals surface area contributed by atoms with Crippen LogP contribution < -0.4 is 10.1 Å². The fourth-order valence-corrected chi connectivity index (χ4v) is 3.96. The zero-order valence-corrected chi connectivity index (χ0v) is 14.5. The van der Waals surface area contributed by atoms with Gasteiger partial charge < -0.3 is 14.4 Å². The highest BCUT2D eigenvalue weighted by Gasteiger charge is 2.25. The summed E-state index contributed by atoms with van der Waals surface area (Å²) in [6, 6.07) is 2.41. The number of nitrogens with zero attached hydrogens (tertiary/aromatic N) is 2. The maximum Gasteiger partial charge on any atom is 0.419 e. The number of anilines is 1. The second kappa shape index (κ2) is 6.82. The van der Waals surface area contributed by atoms with Crippen molar-refractivity contribution in [3.8, 4) is 6.01 Å². The highest BCUT2D eigenvalue weighted by Crippen LogP contribution is 2.38. The Hall–Kier alpha value is -2.83. The van der Waals surface area contributed by atoms with Gasteiger partial charge in [0.2, 0.25) is 0 Å². The summed E-state index contributed by atoms with van der Waals surface area (Å²) in [5.41, 5.74) is 6.06. The highest BCUT2D eigenvalue weighted by molar-refractivity contribution is 5.89. The van der Waals surface area contributed by atoms with E-state index in [1.165, 1.54) is 33.0 Å². The van der Waals surface area contributed by atoms with Gasteiger partial charge in [-0.3, -0.25) is 10.1 Å². The minimum Gasteiger partial charge on any atom is -0.481 e. The number of imidazole rings is 1. The Morgan fingerprint density at radius 1 is 1.15 bits per heavy atom. The Morgan fingerprint density at radius 3 is 2.50 bits per heavy atom. The number of benzene rings is 1. The number of fused-ring (bicyclic) bond motifs is 2. The third kappa shape index (κ3) is 3.16. The molecule has 26 heavy (non-hydrogen) atoms. The molecule has 0 saturated heterocycles. The molecule has 2 aliphatic rings. The van der Waals surface area contributed by atoms with Gasteiger partial charge in [-0.05, 0) is 60.8 Å². The summed E-state index contributed by atoms with van der Waals surface area (Å²) in [7, 11) is 0. The van der Waals surface area contributed by atoms with E-state index in [9.17, 15) is 9.59 Å². The Balaban J connectivity index is 1.52. The number of carboxylic acid groups (broad SMARTS) is 1. The molecule has 0 saturated carbocycles. The zero-order valence-electron chi connectivity index (χ0n) is 14.5. The van der Waals surface area contributed by atoms with Crippen molar-refractivity contribution in [2.24, 2.45) is 0 Å². The number of amides is 1. The molecule has 136 valence electrons. The third-order valence-electron chi connectivity index (χ3n) is 5.13. The van der Waals surface area contributed by atoms with Crippen LogP contribution in [0.3, 0.4) is 0 Å². The molecule has 1 aromatic carbocycles. The number of aromatic nitrogens is 2. The number of carbonyl (C=O) groups is 2. The molecule has 7 heteroatoms. The zero-order chi connectivity index (χ0) is 18.1. The molecule has 1 heterocycles. The van der Waals surface area contributed by atoms with Crippen LogP contribution in [0.15, 0.2) is 18.5 Å². The molecule has 0 fully saturated rings. The fraction of sp³-hybridized carbons (Fsp3) is 0.421. The molecule has 2 aliphatic carbocycles. The van der Waals surface area contributed by atoms with E-state index >= 15 is 0 Å². The number of aryl methyl sites for hydroxylation is 3. The molecule has 0 unspecified atom stereocenters. The lowest BCUT2D eigenvalue weighted by molar-refractivity contribution is -0.137. The van der Waals surface area contributed by atoms with E-state index in [1.807, 2.05) is 0 Å². The van der Waals surface area contributed by atoms with Gasteiger partial charge in [0.15, 0.2) is 0 Å². The summed E-state index contributed by atoms with van der Waals surface area (Å²) in [6.45, 7) is 0.202. The van der Waals surface area contributed by atoms with E-state index in [4.69, 9.17) is 9.84 Å². The van der Waals surface area contributed by atoms with Crippen molar-refractivity contribution < 1.29 is 19.4 Å². The van der Waals surface area contributed by atoms with Gasteiger partial charge in [-0.25, -0.2) is 9.78 Å². The highest BCUT2D eigenvalue weighted by atomic mass is 16.6. The van der Waals surface area contributed by atoms with Crippen molar-refractivity contribution in [2.45, 2.75) is 51.5 Å². The number of carbonyl (C=O) groups excluding carboxylic acids is 1. The maximum atomic E-state index is 12.5. The molecule has 0 aliphatic heterocycles. The van der Waals surface area contributed by atoms with Crippen LogP contribution in [-0.2, 0) is 37.0 Å². The average Bonchev–Trinajstić information content (AvgIpc) is 3.32. The summed E-state index contributed by atoms with van der Waals surface area (Å²) < 4.78 is 6.87. The van der Waals surface area contributed by atoms with E-state index in [0.29, 0.717) is 0 Å². The van der Waals surface area contributed by atoms with Crippen molar-refractivity contribution in [2.75, 3.05) is 5.32 Å². The van der Waals surface area contributed by atoms with Crippen molar-refractivity contribution in [1.82, 2.24) is 9.55 Å². The molecule has 0 radical (unpaired) electrons. The Morgan fingerprint density at radius 2 is 1.85 bits per heavy atom. The van der Waals surface area contributed by atoms with Gasteiger partial charge in [0, 0.05) is 18.9 Å². The van der Waals surface area contributed by atoms with Crippen LogP contribution in [0.4, 0.5) is 10.5 Å². The number of ether oxygens (including phenoxy) is 1. The van der Waals surface area contributed by atoms with E-state index in [-0.39, 0.29) is 19.0 Å². The SMILES string of the molecule is O=C(O)CCn1ccnc1OC(=O)Nc1c2c(cc3c1CCC3)CCC2. The second-order valence-electron chi connectivity index (χ2n) is 6.80. The van der Waals surface area contributed by atoms with Gasteiger partial charge >= 0.3 is 18.1 Å². The number of carboxylic acids is 1. The lowest BCUT2D eigenvalue weighted by Crippen LogP contribution is -2.21. The van der Waals surface area contributed by atoms with Gasteiger partial charge in [-0.15, -0.1) is 0 Å². The summed E-state index contributed by atoms with van der Waals surface area (Å²) in [4.78, 5) is 27.2. The lowest BCUT2D eigenvalue weighted by Gasteiger charge is -2.16. The predicted octanol–water partition coefficient (Wildman–Crippen LogP) is 2.95. The lowest BCUT2D eigenvalue weighted by atomic mass is 9.99. The molecular weight excluding hydrogens is 334 g/mol. The molecular formula is C19H21N3O4. The van der Waals surface area contributed by atoms with Crippen LogP contribution in [-0.4, -0.2) is 26.7 Å². The molecule has 1 amide bonds. The normalized spacial score (nSPS) is 14.8. The largest absolute Gasteiger partial charge is 0.481 e. The third-order valence-corrected chi connectivity index (χ3v) is 5.13. The number of aliphatic carboxylic acids is 1. The fourth-order valence-electron chi connectivity index (χ4n) is 3.96. The number of rotatable bonds is 5. The van der Waals surface area contributed by atoms with Gasteiger partial charge in [0.1, 0.15) is 0 Å². The van der Waals surface area contributed by atoms with E-state index in [1.54, 1.807) is 6.20 Å². The van der Waals surface area contributed by atoms with Crippen LogP contribution in [0.5, 0.6) is 6.01 Å². The summed E-state index contributed by atoms with van der Waals surface area (Å²) in [5, 5.41) is 11.7. The van der Waals surface area contributed by atoms with Gasteiger partial charge in [0.05, 0.1) is 12.1 Å². The van der Waals surface area contributed by atoms with Crippen LogP contribution in [0.1, 0.15) is 41.5 Å². The Labute approximate surface area is 151 Å². The number of hydrogen-bond donors (Lipinski definition) is 2. The first-order chi connectivity index (χ1) is 12.6. The van der Waals surface area contributed by atoms with E-state index in [2.05, 4.69) is 16.4 Å². The van der Waals surface area contributed by atoms with Crippen LogP contribution in [0, 0.1) is 0 Å². The molecule has 0 bridgehead atoms. The number of nitrogens with one attached hydrogen (secondary N) is 1. The molecule has 7 nitrogen and oxygen atoms in total. The topological polar surface area (TPSA) is 93.4 Å². The first kappa shape index (κ1) is 16.6. The van der Waals surface area contributed by atoms with Crippen molar-refractivity contribution in [3.05, 3.63) is 40.7 Å². The van der Waals surface area contributed by atoms with Crippen LogP contribution in [0.25, 0.3) is 0 Å². The minimum atomic E-state index is -0.912. The van der Waals surface area contributed by atoms with Crippen molar-refractivity contribution in [3.63, 3.8) is 0 Å². The Bertz CT molecular complexity index is 840. The van der Waals surface area contributed by atoms with E-state index in [0.717, 1.165) is 44.2 Å². The first-order valence-corrected chi connectivity index (χ1v) is 9.00. The van der Waals surface area contributed by atoms with Crippen LogP contribution in [0.2, 0.25) is 0 Å². The standard InChI is InChI=1S/C19H21N3O4/c23-16(24)7-9-22-10-8-20-18(22)26-19(25)21-17-14-5-1-3-12(14)11-13-4-2-6-15(13)17/h8,10-11H,1-7,9H2,(H,21,25)(H,23,24). The Kier molecular flexibility index (Phi) is 4.36. The van der Waals surface area contributed by atoms with Gasteiger partial charge in [-0.1, -0.05) is 6.07 Å². The number of hydrogen-bond acceptors (Lipinski definition) is 4. The maximum absolute atomic E-state index is 12.5. The van der Waals surface area contributed by atoms with Crippen LogP contribution >= 0.6 is 0 Å².